The second-order valence-corrected chi connectivity index (χ2v) is 8.31. The molecule has 0 atom stereocenters. The van der Waals surface area contributed by atoms with Gasteiger partial charge in [-0.2, -0.15) is 5.26 Å². The Balaban J connectivity index is 1.71. The standard InChI is InChI=1S/C23H15Br2N3O4/c24-18-4-2-5-19(12-18)27-23(29)17(13-26)9-15-7-8-22(21(25)11-15)32-14-16-3-1-6-20(10-16)28(30)31/h1-12H,14H2,(H,27,29)/b17-9-. The maximum absolute atomic E-state index is 12.4. The fourth-order valence-electron chi connectivity index (χ4n) is 2.72. The number of hydrogen-bond donors (Lipinski definition) is 1. The van der Waals surface area contributed by atoms with Gasteiger partial charge in [-0.3, -0.25) is 14.9 Å². The van der Waals surface area contributed by atoms with Crippen LogP contribution in [0.15, 0.2) is 81.2 Å². The van der Waals surface area contributed by atoms with Gasteiger partial charge in [0.15, 0.2) is 0 Å². The molecule has 3 aromatic carbocycles. The van der Waals surface area contributed by atoms with E-state index in [0.717, 1.165) is 4.47 Å². The third kappa shape index (κ3) is 6.26. The van der Waals surface area contributed by atoms with Crippen molar-refractivity contribution >= 4 is 55.2 Å². The Morgan fingerprint density at radius 3 is 2.59 bits per heavy atom. The lowest BCUT2D eigenvalue weighted by Gasteiger charge is -2.09. The van der Waals surface area contributed by atoms with Crippen molar-refractivity contribution in [2.45, 2.75) is 6.61 Å². The first-order valence-corrected chi connectivity index (χ1v) is 10.8. The highest BCUT2D eigenvalue weighted by atomic mass is 79.9. The normalized spacial score (nSPS) is 10.8. The summed E-state index contributed by atoms with van der Waals surface area (Å²) < 4.78 is 7.16. The Morgan fingerprint density at radius 2 is 1.91 bits per heavy atom. The average Bonchev–Trinajstić information content (AvgIpc) is 2.77. The maximum atomic E-state index is 12.4. The lowest BCUT2D eigenvalue weighted by molar-refractivity contribution is -0.384. The number of rotatable bonds is 7. The molecule has 0 bridgehead atoms. The van der Waals surface area contributed by atoms with Crippen LogP contribution < -0.4 is 10.1 Å². The summed E-state index contributed by atoms with van der Waals surface area (Å²) in [4.78, 5) is 22.9. The predicted octanol–water partition coefficient (Wildman–Crippen LogP) is 6.24. The molecule has 3 rings (SSSR count). The Labute approximate surface area is 200 Å². The molecule has 160 valence electrons. The third-order valence-corrected chi connectivity index (χ3v) is 5.34. The zero-order valence-corrected chi connectivity index (χ0v) is 19.6. The number of anilines is 1. The largest absolute Gasteiger partial charge is 0.488 e. The van der Waals surface area contributed by atoms with E-state index in [1.165, 1.54) is 18.2 Å². The molecule has 3 aromatic rings. The first kappa shape index (κ1) is 23.2. The van der Waals surface area contributed by atoms with Gasteiger partial charge >= 0.3 is 0 Å². The lowest BCUT2D eigenvalue weighted by Crippen LogP contribution is -2.13. The molecule has 1 amide bonds. The number of amides is 1. The van der Waals surface area contributed by atoms with E-state index in [2.05, 4.69) is 37.2 Å². The molecule has 7 nitrogen and oxygen atoms in total. The number of carbonyl (C=O) groups is 1. The fourth-order valence-corrected chi connectivity index (χ4v) is 3.63. The topological polar surface area (TPSA) is 105 Å². The summed E-state index contributed by atoms with van der Waals surface area (Å²) in [6, 6.07) is 20.3. The quantitative estimate of drug-likeness (QED) is 0.160. The van der Waals surface area contributed by atoms with E-state index >= 15 is 0 Å². The molecule has 0 aliphatic heterocycles. The smallest absolute Gasteiger partial charge is 0.269 e. The van der Waals surface area contributed by atoms with E-state index in [1.807, 2.05) is 12.1 Å². The molecule has 32 heavy (non-hydrogen) atoms. The zero-order chi connectivity index (χ0) is 23.1. The van der Waals surface area contributed by atoms with Crippen molar-refractivity contribution < 1.29 is 14.5 Å². The average molecular weight is 557 g/mol. The van der Waals surface area contributed by atoms with Crippen LogP contribution in [0.1, 0.15) is 11.1 Å². The molecular formula is C23H15Br2N3O4. The molecule has 1 N–H and O–H groups in total. The molecule has 0 unspecified atom stereocenters. The number of non-ortho nitro benzene ring substituents is 1. The van der Waals surface area contributed by atoms with Gasteiger partial charge in [-0.1, -0.05) is 40.2 Å². The number of hydrogen-bond acceptors (Lipinski definition) is 5. The third-order valence-electron chi connectivity index (χ3n) is 4.23. The highest BCUT2D eigenvalue weighted by Crippen LogP contribution is 2.28. The number of nitro benzene ring substituents is 1. The molecule has 9 heteroatoms. The summed E-state index contributed by atoms with van der Waals surface area (Å²) in [5.74, 6) is -0.00141. The predicted molar refractivity (Wildman–Crippen MR) is 128 cm³/mol. The van der Waals surface area contributed by atoms with Gasteiger partial charge in [0.1, 0.15) is 24.0 Å². The van der Waals surface area contributed by atoms with Gasteiger partial charge < -0.3 is 10.1 Å². The summed E-state index contributed by atoms with van der Waals surface area (Å²) in [6.45, 7) is 0.147. The number of nitrogens with zero attached hydrogens (tertiary/aromatic N) is 2. The SMILES string of the molecule is N#C/C(=C/c1ccc(OCc2cccc([N+](=O)[O-])c2)c(Br)c1)C(=O)Nc1cccc(Br)c1. The Hall–Kier alpha value is -3.48. The number of nitriles is 1. The number of carbonyl (C=O) groups excluding carboxylic acids is 1. The van der Waals surface area contributed by atoms with Crippen molar-refractivity contribution in [3.05, 3.63) is 102 Å². The first-order chi connectivity index (χ1) is 15.4. The van der Waals surface area contributed by atoms with Crippen molar-refractivity contribution in [2.24, 2.45) is 0 Å². The molecule has 0 spiro atoms. The van der Waals surface area contributed by atoms with Crippen molar-refractivity contribution in [3.63, 3.8) is 0 Å². The van der Waals surface area contributed by atoms with Crippen LogP contribution in [0.4, 0.5) is 11.4 Å². The Bertz CT molecular complexity index is 1250. The van der Waals surface area contributed by atoms with Crippen LogP contribution >= 0.6 is 31.9 Å². The highest BCUT2D eigenvalue weighted by molar-refractivity contribution is 9.10. The first-order valence-electron chi connectivity index (χ1n) is 9.20. The van der Waals surface area contributed by atoms with Crippen LogP contribution in [0.25, 0.3) is 6.08 Å². The summed E-state index contributed by atoms with van der Waals surface area (Å²) in [5.41, 5.74) is 1.79. The molecule has 0 aliphatic carbocycles. The van der Waals surface area contributed by atoms with E-state index in [1.54, 1.807) is 48.5 Å². The van der Waals surface area contributed by atoms with Crippen LogP contribution in [-0.4, -0.2) is 10.8 Å². The molecule has 0 aromatic heterocycles. The lowest BCUT2D eigenvalue weighted by atomic mass is 10.1. The molecule has 0 aliphatic rings. The van der Waals surface area contributed by atoms with E-state index in [4.69, 9.17) is 4.74 Å². The monoisotopic (exact) mass is 555 g/mol. The van der Waals surface area contributed by atoms with Crippen molar-refractivity contribution in [2.75, 3.05) is 5.32 Å². The van der Waals surface area contributed by atoms with E-state index < -0.39 is 10.8 Å². The zero-order valence-electron chi connectivity index (χ0n) is 16.4. The van der Waals surface area contributed by atoms with Crippen molar-refractivity contribution in [1.82, 2.24) is 0 Å². The summed E-state index contributed by atoms with van der Waals surface area (Å²) >= 11 is 6.75. The second kappa shape index (κ2) is 10.7. The Morgan fingerprint density at radius 1 is 1.12 bits per heavy atom. The van der Waals surface area contributed by atoms with Gasteiger partial charge in [0.25, 0.3) is 11.6 Å². The van der Waals surface area contributed by atoms with Gasteiger partial charge in [-0.05, 0) is 63.5 Å². The fraction of sp³-hybridized carbons (Fsp3) is 0.0435. The van der Waals surface area contributed by atoms with E-state index in [9.17, 15) is 20.2 Å². The maximum Gasteiger partial charge on any atom is 0.269 e. The number of benzene rings is 3. The molecule has 0 fully saturated rings. The summed E-state index contributed by atoms with van der Waals surface area (Å²) in [6.07, 6.45) is 1.47. The minimum atomic E-state index is -0.521. The van der Waals surface area contributed by atoms with Crippen molar-refractivity contribution in [3.8, 4) is 11.8 Å². The summed E-state index contributed by atoms with van der Waals surface area (Å²) in [7, 11) is 0. The molecule has 0 heterocycles. The Kier molecular flexibility index (Phi) is 7.76. The summed E-state index contributed by atoms with van der Waals surface area (Å²) in [5, 5.41) is 23.0. The van der Waals surface area contributed by atoms with Gasteiger partial charge in [0, 0.05) is 22.3 Å². The van der Waals surface area contributed by atoms with E-state index in [0.29, 0.717) is 27.0 Å². The minimum Gasteiger partial charge on any atom is -0.488 e. The van der Waals surface area contributed by atoms with Crippen LogP contribution in [0, 0.1) is 21.4 Å². The van der Waals surface area contributed by atoms with Gasteiger partial charge in [-0.25, -0.2) is 0 Å². The van der Waals surface area contributed by atoms with Crippen molar-refractivity contribution in [1.29, 1.82) is 5.26 Å². The van der Waals surface area contributed by atoms with Crippen LogP contribution in [-0.2, 0) is 11.4 Å². The number of halogens is 2. The van der Waals surface area contributed by atoms with Crippen LogP contribution in [0.2, 0.25) is 0 Å². The number of nitrogens with one attached hydrogen (secondary N) is 1. The second-order valence-electron chi connectivity index (χ2n) is 6.54. The molecule has 0 saturated heterocycles. The molecule has 0 radical (unpaired) electrons. The van der Waals surface area contributed by atoms with Crippen LogP contribution in [0.3, 0.4) is 0 Å². The van der Waals surface area contributed by atoms with Gasteiger partial charge in [0.2, 0.25) is 0 Å². The van der Waals surface area contributed by atoms with Gasteiger partial charge in [-0.15, -0.1) is 0 Å². The minimum absolute atomic E-state index is 0.00387. The number of ether oxygens (including phenoxy) is 1. The molecular weight excluding hydrogens is 542 g/mol. The highest BCUT2D eigenvalue weighted by Gasteiger charge is 2.11. The van der Waals surface area contributed by atoms with E-state index in [-0.39, 0.29) is 17.9 Å². The molecule has 0 saturated carbocycles. The van der Waals surface area contributed by atoms with Crippen LogP contribution in [0.5, 0.6) is 5.75 Å². The van der Waals surface area contributed by atoms with Gasteiger partial charge in [0.05, 0.1) is 9.40 Å². The number of nitro groups is 1.